The van der Waals surface area contributed by atoms with E-state index < -0.39 is 18.1 Å². The molecule has 1 fully saturated rings. The van der Waals surface area contributed by atoms with Gasteiger partial charge in [0.25, 0.3) is 0 Å². The predicted molar refractivity (Wildman–Crippen MR) is 124 cm³/mol. The van der Waals surface area contributed by atoms with Crippen LogP contribution in [-0.2, 0) is 9.59 Å². The number of fused-ring (bicyclic) bond motifs is 1. The summed E-state index contributed by atoms with van der Waals surface area (Å²) in [5.41, 5.74) is 8.39. The van der Waals surface area contributed by atoms with Crippen molar-refractivity contribution in [2.24, 2.45) is 5.73 Å². The van der Waals surface area contributed by atoms with E-state index in [2.05, 4.69) is 39.9 Å². The zero-order valence-corrected chi connectivity index (χ0v) is 19.9. The number of carbonyl (C=O) groups is 2. The Morgan fingerprint density at radius 1 is 1.29 bits per heavy atom. The average Bonchev–Trinajstić information content (AvgIpc) is 3.15. The van der Waals surface area contributed by atoms with Crippen molar-refractivity contribution in [2.45, 2.75) is 64.7 Å². The third-order valence-corrected chi connectivity index (χ3v) is 4.96. The van der Waals surface area contributed by atoms with Gasteiger partial charge in [-0.05, 0) is 32.3 Å². The number of carbonyl (C=O) groups excluding carboxylic acids is 2. The van der Waals surface area contributed by atoms with Crippen LogP contribution in [0.1, 0.15) is 45.2 Å². The van der Waals surface area contributed by atoms with Crippen molar-refractivity contribution in [3.63, 3.8) is 0 Å². The Balaban J connectivity index is 0.000000226. The minimum atomic E-state index is -4.34. The lowest BCUT2D eigenvalue weighted by atomic mass is 9.93. The molecule has 0 spiro atoms. The summed E-state index contributed by atoms with van der Waals surface area (Å²) in [4.78, 5) is 32.6. The van der Waals surface area contributed by atoms with Gasteiger partial charge in [-0.2, -0.15) is 18.2 Å². The van der Waals surface area contributed by atoms with Crippen molar-refractivity contribution in [1.29, 1.82) is 0 Å². The Morgan fingerprint density at radius 2 is 1.94 bits per heavy atom. The summed E-state index contributed by atoms with van der Waals surface area (Å²) in [5.74, 6) is 0.749. The summed E-state index contributed by atoms with van der Waals surface area (Å²) in [5, 5.41) is 7.17. The molecule has 1 aliphatic carbocycles. The van der Waals surface area contributed by atoms with Crippen LogP contribution < -0.4 is 26.7 Å². The van der Waals surface area contributed by atoms with Gasteiger partial charge < -0.3 is 26.3 Å². The molecule has 190 valence electrons. The highest BCUT2D eigenvalue weighted by Crippen LogP contribution is 2.31. The first-order valence-electron chi connectivity index (χ1n) is 11.2. The number of likely N-dealkylation sites (N-methyl/N-ethyl adjacent to an activating group) is 1. The molecule has 13 heteroatoms. The van der Waals surface area contributed by atoms with E-state index in [-0.39, 0.29) is 12.5 Å². The highest BCUT2D eigenvalue weighted by molar-refractivity contribution is 6.00. The largest absolute Gasteiger partial charge is 0.409 e. The lowest BCUT2D eigenvalue weighted by Gasteiger charge is -2.30. The molecule has 1 aromatic rings. The number of primary amides is 1. The molecule has 0 bridgehead atoms. The molecule has 4 rings (SSSR count). The fraction of sp³-hybridized carbons (Fsp3) is 0.619. The van der Waals surface area contributed by atoms with E-state index in [9.17, 15) is 22.8 Å². The number of hydrazine groups is 1. The van der Waals surface area contributed by atoms with E-state index in [1.54, 1.807) is 0 Å². The summed E-state index contributed by atoms with van der Waals surface area (Å²) in [6, 6.07) is -1.22. The van der Waals surface area contributed by atoms with Crippen molar-refractivity contribution in [1.82, 2.24) is 20.4 Å². The van der Waals surface area contributed by atoms with Gasteiger partial charge in [0.15, 0.2) is 5.82 Å². The fourth-order valence-corrected chi connectivity index (χ4v) is 3.15. The van der Waals surface area contributed by atoms with Gasteiger partial charge in [0.05, 0.1) is 12.2 Å². The van der Waals surface area contributed by atoms with Crippen LogP contribution in [0.25, 0.3) is 0 Å². The molecule has 0 radical (unpaired) electrons. The lowest BCUT2D eigenvalue weighted by Crippen LogP contribution is -2.46. The third kappa shape index (κ3) is 7.75. The van der Waals surface area contributed by atoms with E-state index in [0.717, 1.165) is 34.5 Å². The van der Waals surface area contributed by atoms with E-state index >= 15 is 0 Å². The number of nitrogens with zero attached hydrogens (tertiary/aromatic N) is 4. The van der Waals surface area contributed by atoms with E-state index in [4.69, 9.17) is 5.73 Å². The summed E-state index contributed by atoms with van der Waals surface area (Å²) in [7, 11) is 1.87. The van der Waals surface area contributed by atoms with E-state index in [0.29, 0.717) is 18.5 Å². The molecular formula is C21H33F3N8O2. The van der Waals surface area contributed by atoms with Crippen LogP contribution >= 0.6 is 0 Å². The first-order chi connectivity index (χ1) is 15.9. The molecule has 3 aliphatic rings. The Bertz CT molecular complexity index is 890. The summed E-state index contributed by atoms with van der Waals surface area (Å²) in [6.07, 6.45) is 2.62. The van der Waals surface area contributed by atoms with Crippen LogP contribution in [0.4, 0.5) is 30.6 Å². The number of anilines is 3. The van der Waals surface area contributed by atoms with Crippen LogP contribution in [0, 0.1) is 6.92 Å². The maximum absolute atomic E-state index is 12.0. The minimum Gasteiger partial charge on any atom is -0.368 e. The second-order valence-electron chi connectivity index (χ2n) is 8.30. The molecule has 1 saturated carbocycles. The maximum Gasteiger partial charge on any atom is 0.409 e. The number of nitrogens with two attached hydrogens (primary N) is 1. The molecule has 1 atom stereocenters. The molecule has 1 unspecified atom stereocenters. The van der Waals surface area contributed by atoms with Crippen LogP contribution in [0.5, 0.6) is 0 Å². The molecular weight excluding hydrogens is 453 g/mol. The van der Waals surface area contributed by atoms with Crippen molar-refractivity contribution in [3.8, 4) is 0 Å². The SMILES string of the molecule is CCC.Cc1nc(NC2CCC2)nc2c1NC(=O)CN2C.NC(=O)CN1C=CC(C(F)(F)F)N1. The highest BCUT2D eigenvalue weighted by atomic mass is 19.4. The number of rotatable bonds is 4. The third-order valence-electron chi connectivity index (χ3n) is 4.96. The quantitative estimate of drug-likeness (QED) is 0.510. The number of hydrogen-bond acceptors (Lipinski definition) is 8. The standard InChI is InChI=1S/C12H17N5O.C6H8F3N3O.C3H8/c1-7-10-11(17(2)6-9(18)15-10)16-12(13-7)14-8-4-3-5-8;7-6(8,9)4-1-2-12(11-4)3-5(10)13;1-3-2/h8H,3-6H2,1-2H3,(H,15,18)(H,13,14,16);1-2,4,11H,3H2,(H2,10,13);3H2,1-2H3. The Labute approximate surface area is 197 Å². The van der Waals surface area contributed by atoms with Crippen LogP contribution in [0.2, 0.25) is 0 Å². The van der Waals surface area contributed by atoms with Crippen molar-refractivity contribution < 1.29 is 22.8 Å². The predicted octanol–water partition coefficient (Wildman–Crippen LogP) is 2.29. The Hall–Kier alpha value is -3.09. The minimum absolute atomic E-state index is 0.0172. The smallest absolute Gasteiger partial charge is 0.368 e. The summed E-state index contributed by atoms with van der Waals surface area (Å²) in [6.45, 7) is 6.21. The normalized spacial score (nSPS) is 19.1. The molecule has 3 heterocycles. The van der Waals surface area contributed by atoms with Crippen LogP contribution in [0.3, 0.4) is 0 Å². The number of amides is 2. The molecule has 1 aromatic heterocycles. The number of halogens is 3. The van der Waals surface area contributed by atoms with Gasteiger partial charge >= 0.3 is 6.18 Å². The van der Waals surface area contributed by atoms with Crippen LogP contribution in [-0.4, -0.2) is 65.2 Å². The number of hydrogen-bond donors (Lipinski definition) is 4. The van der Waals surface area contributed by atoms with Gasteiger partial charge in [-0.25, -0.2) is 10.4 Å². The van der Waals surface area contributed by atoms with Gasteiger partial charge in [-0.3, -0.25) is 9.59 Å². The lowest BCUT2D eigenvalue weighted by molar-refractivity contribution is -0.150. The van der Waals surface area contributed by atoms with Gasteiger partial charge in [0.2, 0.25) is 17.8 Å². The fourth-order valence-electron chi connectivity index (χ4n) is 3.15. The van der Waals surface area contributed by atoms with Crippen molar-refractivity contribution in [2.75, 3.05) is 35.7 Å². The molecule has 0 aromatic carbocycles. The second kappa shape index (κ2) is 11.9. The monoisotopic (exact) mass is 486 g/mol. The molecule has 5 N–H and O–H groups in total. The maximum atomic E-state index is 12.0. The zero-order valence-electron chi connectivity index (χ0n) is 19.9. The van der Waals surface area contributed by atoms with Crippen molar-refractivity contribution in [3.05, 3.63) is 18.0 Å². The first-order valence-corrected chi connectivity index (χ1v) is 11.2. The number of aryl methyl sites for hydroxylation is 1. The summed E-state index contributed by atoms with van der Waals surface area (Å²) < 4.78 is 36.0. The number of aromatic nitrogens is 2. The van der Waals surface area contributed by atoms with Gasteiger partial charge in [-0.15, -0.1) is 0 Å². The van der Waals surface area contributed by atoms with E-state index in [1.807, 2.05) is 18.9 Å². The topological polar surface area (TPSA) is 129 Å². The zero-order chi connectivity index (χ0) is 25.5. The van der Waals surface area contributed by atoms with E-state index in [1.165, 1.54) is 25.7 Å². The second-order valence-corrected chi connectivity index (χ2v) is 8.30. The van der Waals surface area contributed by atoms with Crippen molar-refractivity contribution >= 4 is 29.3 Å². The Morgan fingerprint density at radius 3 is 2.44 bits per heavy atom. The van der Waals surface area contributed by atoms with Crippen LogP contribution in [0.15, 0.2) is 12.3 Å². The van der Waals surface area contributed by atoms with Gasteiger partial charge in [0.1, 0.15) is 18.3 Å². The number of alkyl halides is 3. The molecule has 0 saturated heterocycles. The molecule has 2 amide bonds. The highest BCUT2D eigenvalue weighted by Gasteiger charge is 2.41. The average molecular weight is 487 g/mol. The number of nitrogens with one attached hydrogen (secondary N) is 3. The molecule has 2 aliphatic heterocycles. The molecule has 34 heavy (non-hydrogen) atoms. The Kier molecular flexibility index (Phi) is 9.47. The first kappa shape index (κ1) is 27.2. The summed E-state index contributed by atoms with van der Waals surface area (Å²) >= 11 is 0. The van der Waals surface area contributed by atoms with Gasteiger partial charge in [-0.1, -0.05) is 20.3 Å². The van der Waals surface area contributed by atoms with Gasteiger partial charge in [0, 0.05) is 19.3 Å². The molecule has 10 nitrogen and oxygen atoms in total.